The molecule has 4 nitrogen and oxygen atoms in total. The van der Waals surface area contributed by atoms with Crippen LogP contribution < -0.4 is 5.32 Å². The number of aliphatic hydroxyl groups excluding tert-OH is 1. The van der Waals surface area contributed by atoms with Gasteiger partial charge in [0.2, 0.25) is 0 Å². The molecule has 0 bridgehead atoms. The molecule has 3 N–H and O–H groups in total. The zero-order chi connectivity index (χ0) is 15.6. The summed E-state index contributed by atoms with van der Waals surface area (Å²) in [5.41, 5.74) is 1.18. The summed E-state index contributed by atoms with van der Waals surface area (Å²) in [6.07, 6.45) is 1.44. The molecule has 2 rings (SSSR count). The zero-order valence-electron chi connectivity index (χ0n) is 11.1. The van der Waals surface area contributed by atoms with E-state index in [-0.39, 0.29) is 29.1 Å². The number of aromatic nitrogens is 1. The lowest BCUT2D eigenvalue weighted by atomic mass is 10.1. The van der Waals surface area contributed by atoms with Crippen molar-refractivity contribution in [1.82, 2.24) is 4.98 Å². The van der Waals surface area contributed by atoms with Crippen LogP contribution in [-0.4, -0.2) is 15.2 Å². The van der Waals surface area contributed by atoms with Crippen LogP contribution in [0.15, 0.2) is 22.8 Å². The fourth-order valence-electron chi connectivity index (χ4n) is 1.86. The minimum atomic E-state index is -0.626. The first-order valence-electron chi connectivity index (χ1n) is 6.09. The maximum atomic E-state index is 13.7. The Bertz CT molecular complexity index is 681. The van der Waals surface area contributed by atoms with E-state index in [0.29, 0.717) is 16.8 Å². The van der Waals surface area contributed by atoms with E-state index >= 15 is 0 Å². The largest absolute Gasteiger partial charge is 0.506 e. The number of halogens is 3. The van der Waals surface area contributed by atoms with E-state index < -0.39 is 11.6 Å². The first kappa shape index (κ1) is 15.7. The van der Waals surface area contributed by atoms with Crippen LogP contribution in [0, 0.1) is 18.6 Å². The van der Waals surface area contributed by atoms with Gasteiger partial charge in [-0.1, -0.05) is 0 Å². The first-order valence-corrected chi connectivity index (χ1v) is 6.89. The third kappa shape index (κ3) is 3.30. The number of benzene rings is 1. The van der Waals surface area contributed by atoms with Crippen molar-refractivity contribution in [1.29, 1.82) is 0 Å². The second kappa shape index (κ2) is 6.36. The van der Waals surface area contributed by atoms with Crippen molar-refractivity contribution in [2.75, 3.05) is 5.32 Å². The molecule has 0 unspecified atom stereocenters. The second-order valence-electron chi connectivity index (χ2n) is 4.45. The summed E-state index contributed by atoms with van der Waals surface area (Å²) in [5, 5.41) is 21.9. The summed E-state index contributed by atoms with van der Waals surface area (Å²) in [6, 6.07) is 2.03. The molecule has 2 aromatic rings. The average molecular weight is 359 g/mol. The molecule has 1 aromatic heterocycles. The maximum absolute atomic E-state index is 13.7. The number of hydrogen-bond donors (Lipinski definition) is 3. The highest BCUT2D eigenvalue weighted by molar-refractivity contribution is 9.10. The Morgan fingerprint density at radius 3 is 2.67 bits per heavy atom. The van der Waals surface area contributed by atoms with Gasteiger partial charge in [0, 0.05) is 29.9 Å². The molecule has 0 fully saturated rings. The number of aliphatic hydroxyl groups is 1. The van der Waals surface area contributed by atoms with Crippen LogP contribution in [0.2, 0.25) is 0 Å². The Morgan fingerprint density at radius 2 is 2.00 bits per heavy atom. The third-order valence-corrected chi connectivity index (χ3v) is 3.67. The van der Waals surface area contributed by atoms with Gasteiger partial charge in [-0.15, -0.1) is 0 Å². The van der Waals surface area contributed by atoms with E-state index in [0.717, 1.165) is 12.1 Å². The average Bonchev–Trinajstić information content (AvgIpc) is 2.45. The van der Waals surface area contributed by atoms with Crippen molar-refractivity contribution in [3.8, 4) is 5.75 Å². The molecule has 0 spiro atoms. The molecule has 0 aliphatic rings. The number of anilines is 1. The van der Waals surface area contributed by atoms with Crippen molar-refractivity contribution < 1.29 is 19.0 Å². The van der Waals surface area contributed by atoms with Gasteiger partial charge in [0.25, 0.3) is 0 Å². The Hall–Kier alpha value is -1.73. The Balaban J connectivity index is 2.28. The maximum Gasteiger partial charge on any atom is 0.147 e. The number of pyridine rings is 1. The summed E-state index contributed by atoms with van der Waals surface area (Å²) in [6.45, 7) is 1.33. The van der Waals surface area contributed by atoms with E-state index in [9.17, 15) is 19.0 Å². The number of aromatic hydroxyl groups is 1. The highest BCUT2D eigenvalue weighted by atomic mass is 79.9. The van der Waals surface area contributed by atoms with Gasteiger partial charge < -0.3 is 15.5 Å². The van der Waals surface area contributed by atoms with Gasteiger partial charge in [-0.2, -0.15) is 0 Å². The molecule has 0 aliphatic carbocycles. The molecule has 21 heavy (non-hydrogen) atoms. The van der Waals surface area contributed by atoms with E-state index in [4.69, 9.17) is 0 Å². The lowest BCUT2D eigenvalue weighted by molar-refractivity contribution is 0.279. The smallest absolute Gasteiger partial charge is 0.147 e. The third-order valence-electron chi connectivity index (χ3n) is 3.07. The summed E-state index contributed by atoms with van der Waals surface area (Å²) in [7, 11) is 0. The fraction of sp³-hybridized carbons (Fsp3) is 0.214. The molecule has 1 heterocycles. The minimum Gasteiger partial charge on any atom is -0.506 e. The molecule has 0 atom stereocenters. The number of nitrogens with one attached hydrogen (secondary N) is 1. The van der Waals surface area contributed by atoms with Crippen LogP contribution in [-0.2, 0) is 13.2 Å². The Morgan fingerprint density at radius 1 is 1.29 bits per heavy atom. The highest BCUT2D eigenvalue weighted by Crippen LogP contribution is 2.27. The Kier molecular flexibility index (Phi) is 4.74. The van der Waals surface area contributed by atoms with Crippen LogP contribution in [0.4, 0.5) is 14.5 Å². The summed E-state index contributed by atoms with van der Waals surface area (Å²) >= 11 is 2.90. The van der Waals surface area contributed by atoms with Gasteiger partial charge in [-0.25, -0.2) is 8.78 Å². The Labute approximate surface area is 128 Å². The molecule has 0 amide bonds. The summed E-state index contributed by atoms with van der Waals surface area (Å²) in [4.78, 5) is 3.93. The van der Waals surface area contributed by atoms with E-state index in [1.54, 1.807) is 6.92 Å². The van der Waals surface area contributed by atoms with Crippen LogP contribution >= 0.6 is 15.9 Å². The fourth-order valence-corrected chi connectivity index (χ4v) is 2.17. The molecule has 0 radical (unpaired) electrons. The lowest BCUT2D eigenvalue weighted by Gasteiger charge is -2.14. The van der Waals surface area contributed by atoms with Crippen molar-refractivity contribution in [3.05, 3.63) is 51.3 Å². The van der Waals surface area contributed by atoms with Gasteiger partial charge >= 0.3 is 0 Å². The van der Waals surface area contributed by atoms with Gasteiger partial charge in [0.15, 0.2) is 0 Å². The first-order chi connectivity index (χ1) is 9.93. The quantitative estimate of drug-likeness (QED) is 0.734. The number of aryl methyl sites for hydroxylation is 1. The van der Waals surface area contributed by atoms with Crippen LogP contribution in [0.3, 0.4) is 0 Å². The van der Waals surface area contributed by atoms with E-state index in [2.05, 4.69) is 26.2 Å². The second-order valence-corrected chi connectivity index (χ2v) is 5.31. The van der Waals surface area contributed by atoms with Gasteiger partial charge in [-0.3, -0.25) is 4.98 Å². The van der Waals surface area contributed by atoms with Crippen LogP contribution in [0.25, 0.3) is 0 Å². The van der Waals surface area contributed by atoms with Crippen LogP contribution in [0.1, 0.15) is 16.8 Å². The van der Waals surface area contributed by atoms with Crippen molar-refractivity contribution in [2.24, 2.45) is 0 Å². The highest BCUT2D eigenvalue weighted by Gasteiger charge is 2.13. The van der Waals surface area contributed by atoms with Crippen molar-refractivity contribution in [3.63, 3.8) is 0 Å². The predicted molar refractivity (Wildman–Crippen MR) is 77.9 cm³/mol. The summed E-state index contributed by atoms with van der Waals surface area (Å²) in [5.74, 6) is -1.30. The van der Waals surface area contributed by atoms with Crippen molar-refractivity contribution >= 4 is 21.6 Å². The standard InChI is InChI=1S/C14H13BrF2N2O2/c1-7-14(21)9(8(6-20)4-18-7)5-19-13-3-11(16)10(15)2-12(13)17/h2-4,19-21H,5-6H2,1H3. The molecular formula is C14H13BrF2N2O2. The minimum absolute atomic E-state index is 0.0308. The monoisotopic (exact) mass is 358 g/mol. The number of nitrogens with zero attached hydrogens (tertiary/aromatic N) is 1. The lowest BCUT2D eigenvalue weighted by Crippen LogP contribution is -2.07. The zero-order valence-corrected chi connectivity index (χ0v) is 12.7. The van der Waals surface area contributed by atoms with Crippen molar-refractivity contribution in [2.45, 2.75) is 20.1 Å². The molecule has 0 aliphatic heterocycles. The molecule has 0 saturated heterocycles. The molecule has 1 aromatic carbocycles. The SMILES string of the molecule is Cc1ncc(CO)c(CNc2cc(F)c(Br)cc2F)c1O. The van der Waals surface area contributed by atoms with E-state index in [1.807, 2.05) is 0 Å². The van der Waals surface area contributed by atoms with Gasteiger partial charge in [-0.05, 0) is 28.9 Å². The molecule has 7 heteroatoms. The van der Waals surface area contributed by atoms with E-state index in [1.165, 1.54) is 6.20 Å². The summed E-state index contributed by atoms with van der Waals surface area (Å²) < 4.78 is 27.2. The molecular weight excluding hydrogens is 346 g/mol. The molecule has 0 saturated carbocycles. The number of hydrogen-bond acceptors (Lipinski definition) is 4. The number of rotatable bonds is 4. The van der Waals surface area contributed by atoms with Crippen LogP contribution in [0.5, 0.6) is 5.75 Å². The predicted octanol–water partition coefficient (Wildman–Crippen LogP) is 3.24. The molecule has 112 valence electrons. The van der Waals surface area contributed by atoms with Gasteiger partial charge in [0.1, 0.15) is 17.4 Å². The topological polar surface area (TPSA) is 65.4 Å². The van der Waals surface area contributed by atoms with Gasteiger partial charge in [0.05, 0.1) is 22.5 Å². The normalized spacial score (nSPS) is 10.7.